The maximum atomic E-state index is 13.8. The monoisotopic (exact) mass is 560 g/mol. The summed E-state index contributed by atoms with van der Waals surface area (Å²) in [6, 6.07) is 13.2. The van der Waals surface area contributed by atoms with Gasteiger partial charge in [-0.2, -0.15) is 5.10 Å². The van der Waals surface area contributed by atoms with Gasteiger partial charge in [-0.05, 0) is 78.4 Å². The molecule has 3 aromatic rings. The summed E-state index contributed by atoms with van der Waals surface area (Å²) in [5, 5.41) is 5.68. The Labute approximate surface area is 238 Å². The molecule has 0 radical (unpaired) electrons. The molecule has 0 aliphatic carbocycles. The maximum Gasteiger partial charge on any atom is 0.246 e. The van der Waals surface area contributed by atoms with Gasteiger partial charge in [-0.25, -0.2) is 18.8 Å². The summed E-state index contributed by atoms with van der Waals surface area (Å²) in [5.41, 5.74) is 3.75. The average molecular weight is 561 g/mol. The Hall–Kier alpha value is -3.85. The minimum atomic E-state index is -0.656. The molecule has 0 N–H and O–H groups in total. The molecular weight excluding hydrogens is 526 g/mol. The van der Waals surface area contributed by atoms with E-state index in [9.17, 15) is 13.6 Å². The van der Waals surface area contributed by atoms with Crippen molar-refractivity contribution < 1.29 is 23.0 Å². The third-order valence-corrected chi connectivity index (χ3v) is 8.23. The van der Waals surface area contributed by atoms with E-state index in [4.69, 9.17) is 9.47 Å². The van der Waals surface area contributed by atoms with Crippen LogP contribution in [-0.2, 0) is 9.53 Å². The Morgan fingerprint density at radius 1 is 0.976 bits per heavy atom. The van der Waals surface area contributed by atoms with Crippen molar-refractivity contribution in [2.75, 3.05) is 31.2 Å². The van der Waals surface area contributed by atoms with E-state index in [1.807, 2.05) is 18.3 Å². The summed E-state index contributed by atoms with van der Waals surface area (Å²) in [6.45, 7) is 4.92. The molecule has 0 spiro atoms. The van der Waals surface area contributed by atoms with Gasteiger partial charge in [0.15, 0.2) is 0 Å². The number of halogens is 2. The van der Waals surface area contributed by atoms with Gasteiger partial charge in [0.05, 0.1) is 19.3 Å². The lowest BCUT2D eigenvalue weighted by Gasteiger charge is -2.34. The van der Waals surface area contributed by atoms with Crippen LogP contribution in [-0.4, -0.2) is 54.5 Å². The van der Waals surface area contributed by atoms with E-state index in [-0.39, 0.29) is 17.9 Å². The van der Waals surface area contributed by atoms with Crippen LogP contribution in [0, 0.1) is 24.5 Å². The van der Waals surface area contributed by atoms with Crippen molar-refractivity contribution in [3.05, 3.63) is 77.5 Å². The van der Waals surface area contributed by atoms with Crippen molar-refractivity contribution in [3.63, 3.8) is 0 Å². The number of rotatable bonds is 6. The van der Waals surface area contributed by atoms with Crippen LogP contribution in [0.2, 0.25) is 0 Å². The smallest absolute Gasteiger partial charge is 0.246 e. The zero-order valence-corrected chi connectivity index (χ0v) is 23.1. The van der Waals surface area contributed by atoms with Crippen LogP contribution in [0.25, 0.3) is 11.1 Å². The Morgan fingerprint density at radius 3 is 2.49 bits per heavy atom. The average Bonchev–Trinajstić information content (AvgIpc) is 3.48. The molecule has 2 saturated heterocycles. The van der Waals surface area contributed by atoms with Gasteiger partial charge in [-0.3, -0.25) is 4.79 Å². The number of amides is 1. The lowest BCUT2D eigenvalue weighted by atomic mass is 9.94. The molecule has 4 heterocycles. The number of carbonyl (C=O) groups is 1. The number of aryl methyl sites for hydroxylation is 1. The Bertz CT molecular complexity index is 1410. The molecular formula is C32H34F2N4O3. The number of anilines is 1. The third kappa shape index (κ3) is 6.10. The van der Waals surface area contributed by atoms with Gasteiger partial charge in [0.25, 0.3) is 0 Å². The summed E-state index contributed by atoms with van der Waals surface area (Å²) in [7, 11) is 0. The first kappa shape index (κ1) is 27.3. The molecule has 3 aliphatic heterocycles. The van der Waals surface area contributed by atoms with Crippen LogP contribution in [0.3, 0.4) is 0 Å². The standard InChI is InChI=1S/C32H34F2N4O3/c1-21-2-3-28(41-27-8-14-40-15-9-27)20-29(21)23-4-10-35-31(18-23)37-12-6-22(7-13-37)32(39)38-30(5-11-36-38)24-16-25(33)19-26(34)17-24/h2-4,10-11,16-20,22,27,30H,5-9,12-15H2,1H3. The minimum absolute atomic E-state index is 0.105. The Balaban J connectivity index is 1.11. The second-order valence-electron chi connectivity index (χ2n) is 11.0. The van der Waals surface area contributed by atoms with E-state index in [1.165, 1.54) is 17.1 Å². The highest BCUT2D eigenvalue weighted by Crippen LogP contribution is 2.34. The minimum Gasteiger partial charge on any atom is -0.490 e. The van der Waals surface area contributed by atoms with E-state index in [0.717, 1.165) is 60.4 Å². The second kappa shape index (κ2) is 11.9. The van der Waals surface area contributed by atoms with Gasteiger partial charge < -0.3 is 14.4 Å². The summed E-state index contributed by atoms with van der Waals surface area (Å²) in [6.07, 6.45) is 7.17. The van der Waals surface area contributed by atoms with Gasteiger partial charge in [0.2, 0.25) is 5.91 Å². The fourth-order valence-electron chi connectivity index (χ4n) is 5.94. The molecule has 7 nitrogen and oxygen atoms in total. The molecule has 1 unspecified atom stereocenters. The van der Waals surface area contributed by atoms with Crippen LogP contribution < -0.4 is 9.64 Å². The molecule has 2 aromatic carbocycles. The molecule has 41 heavy (non-hydrogen) atoms. The predicted octanol–water partition coefficient (Wildman–Crippen LogP) is 6.07. The van der Waals surface area contributed by atoms with E-state index >= 15 is 0 Å². The zero-order valence-electron chi connectivity index (χ0n) is 23.1. The van der Waals surface area contributed by atoms with Crippen molar-refractivity contribution in [3.8, 4) is 16.9 Å². The molecule has 0 saturated carbocycles. The summed E-state index contributed by atoms with van der Waals surface area (Å²) in [5.74, 6) is 0.0979. The van der Waals surface area contributed by atoms with E-state index in [0.29, 0.717) is 37.9 Å². The first-order chi connectivity index (χ1) is 19.9. The molecule has 1 atom stereocenters. The lowest BCUT2D eigenvalue weighted by Crippen LogP contribution is -2.41. The highest BCUT2D eigenvalue weighted by molar-refractivity contribution is 5.82. The maximum absolute atomic E-state index is 13.8. The summed E-state index contributed by atoms with van der Waals surface area (Å²) < 4.78 is 39.4. The molecule has 2 fully saturated rings. The van der Waals surface area contributed by atoms with Crippen molar-refractivity contribution in [2.24, 2.45) is 11.0 Å². The van der Waals surface area contributed by atoms with E-state index in [2.05, 4.69) is 40.1 Å². The Kier molecular flexibility index (Phi) is 7.96. The largest absolute Gasteiger partial charge is 0.490 e. The van der Waals surface area contributed by atoms with Crippen molar-refractivity contribution in [2.45, 2.75) is 51.2 Å². The molecule has 3 aliphatic rings. The topological polar surface area (TPSA) is 67.3 Å². The highest BCUT2D eigenvalue weighted by Gasteiger charge is 2.35. The number of carbonyl (C=O) groups excluding carboxylic acids is 1. The second-order valence-corrected chi connectivity index (χ2v) is 11.0. The van der Waals surface area contributed by atoms with Crippen molar-refractivity contribution >= 4 is 17.9 Å². The molecule has 214 valence electrons. The van der Waals surface area contributed by atoms with E-state index in [1.54, 1.807) is 6.21 Å². The summed E-state index contributed by atoms with van der Waals surface area (Å²) >= 11 is 0. The van der Waals surface area contributed by atoms with Crippen LogP contribution >= 0.6 is 0 Å². The van der Waals surface area contributed by atoms with Crippen LogP contribution in [0.5, 0.6) is 5.75 Å². The number of nitrogens with zero attached hydrogens (tertiary/aromatic N) is 4. The van der Waals surface area contributed by atoms with Gasteiger partial charge in [-0.15, -0.1) is 0 Å². The lowest BCUT2D eigenvalue weighted by molar-refractivity contribution is -0.138. The van der Waals surface area contributed by atoms with Crippen molar-refractivity contribution in [1.82, 2.24) is 9.99 Å². The predicted molar refractivity (Wildman–Crippen MR) is 153 cm³/mol. The van der Waals surface area contributed by atoms with Gasteiger partial charge in [0, 0.05) is 56.7 Å². The zero-order chi connectivity index (χ0) is 28.3. The normalized spacial score (nSPS) is 20.0. The highest BCUT2D eigenvalue weighted by atomic mass is 19.1. The number of aromatic nitrogens is 1. The number of ether oxygens (including phenoxy) is 2. The molecule has 1 aromatic heterocycles. The van der Waals surface area contributed by atoms with Crippen LogP contribution in [0.1, 0.15) is 49.3 Å². The van der Waals surface area contributed by atoms with Gasteiger partial charge in [0.1, 0.15) is 29.3 Å². The molecule has 6 rings (SSSR count). The van der Waals surface area contributed by atoms with E-state index < -0.39 is 17.7 Å². The number of piperidine rings is 1. The molecule has 0 bridgehead atoms. The Morgan fingerprint density at radius 2 is 1.73 bits per heavy atom. The fourth-order valence-corrected chi connectivity index (χ4v) is 5.94. The summed E-state index contributed by atoms with van der Waals surface area (Å²) in [4.78, 5) is 20.3. The first-order valence-electron chi connectivity index (χ1n) is 14.3. The SMILES string of the molecule is Cc1ccc(OC2CCOCC2)cc1-c1ccnc(N2CCC(C(=O)N3N=CCC3c3cc(F)cc(F)c3)CC2)c1. The third-order valence-electron chi connectivity index (χ3n) is 8.23. The van der Waals surface area contributed by atoms with Crippen LogP contribution in [0.15, 0.2) is 59.8 Å². The van der Waals surface area contributed by atoms with Gasteiger partial charge in [-0.1, -0.05) is 6.07 Å². The first-order valence-corrected chi connectivity index (χ1v) is 14.3. The number of benzene rings is 2. The number of hydrazone groups is 1. The van der Waals surface area contributed by atoms with Crippen molar-refractivity contribution in [1.29, 1.82) is 0 Å². The number of hydrogen-bond donors (Lipinski definition) is 0. The van der Waals surface area contributed by atoms with Gasteiger partial charge >= 0.3 is 0 Å². The number of hydrogen-bond acceptors (Lipinski definition) is 6. The molecule has 1 amide bonds. The molecule has 9 heteroatoms. The quantitative estimate of drug-likeness (QED) is 0.366. The fraction of sp³-hybridized carbons (Fsp3) is 0.406. The number of pyridine rings is 1. The van der Waals surface area contributed by atoms with Crippen LogP contribution in [0.4, 0.5) is 14.6 Å².